The van der Waals surface area contributed by atoms with Gasteiger partial charge in [-0.25, -0.2) is 4.98 Å². The molecule has 0 unspecified atom stereocenters. The number of thiol groups is 1. The molecule has 0 bridgehead atoms. The molecular weight excluding hydrogens is 294 g/mol. The number of hydrogen-bond donors (Lipinski definition) is 1. The number of amides is 1. The summed E-state index contributed by atoms with van der Waals surface area (Å²) in [5.41, 5.74) is 0.621. The van der Waals surface area contributed by atoms with Gasteiger partial charge in [-0.3, -0.25) is 9.59 Å². The minimum Gasteiger partial charge on any atom is -0.494 e. The van der Waals surface area contributed by atoms with Gasteiger partial charge in [0.05, 0.1) is 18.5 Å². The van der Waals surface area contributed by atoms with E-state index in [1.165, 1.54) is 22.0 Å². The second-order valence-electron chi connectivity index (χ2n) is 4.50. The van der Waals surface area contributed by atoms with Crippen molar-refractivity contribution in [3.05, 3.63) is 29.9 Å². The molecule has 0 atom stereocenters. The van der Waals surface area contributed by atoms with Crippen LogP contribution in [0.1, 0.15) is 5.69 Å². The fourth-order valence-corrected chi connectivity index (χ4v) is 2.23. The van der Waals surface area contributed by atoms with Crippen LogP contribution in [0.4, 0.5) is 0 Å². The molecule has 0 spiro atoms. The number of fused-ring (bicyclic) bond motifs is 1. The van der Waals surface area contributed by atoms with Gasteiger partial charge in [-0.05, 0) is 6.07 Å². The summed E-state index contributed by atoms with van der Waals surface area (Å²) in [6.45, 7) is 0.184. The molecule has 8 nitrogen and oxygen atoms in total. The van der Waals surface area contributed by atoms with Gasteiger partial charge < -0.3 is 9.64 Å². The largest absolute Gasteiger partial charge is 0.494 e. The molecule has 0 aromatic carbocycles. The number of aromatic nitrogens is 4. The number of Topliss-reactive ketones (excluding diaryl/α,β-unsaturated/α-hetero) is 1. The van der Waals surface area contributed by atoms with Crippen molar-refractivity contribution < 1.29 is 14.3 Å². The van der Waals surface area contributed by atoms with Gasteiger partial charge in [0, 0.05) is 7.05 Å². The van der Waals surface area contributed by atoms with Gasteiger partial charge in [-0.2, -0.15) is 14.6 Å². The standard InChI is InChI=1S/C12H11N5O3S/c1-16-3-9(18)8(11(16)19)5-20-4-7-2-10(21)17-12(15-7)13-6-14-17/h2,5-6,21H,3-4H2,1H3/b8-5+. The Bertz CT molecular complexity index is 769. The first kappa shape index (κ1) is 13.6. The van der Waals surface area contributed by atoms with Crippen LogP contribution in [0.2, 0.25) is 0 Å². The molecule has 2 aromatic rings. The minimum atomic E-state index is -0.337. The van der Waals surface area contributed by atoms with Crippen molar-refractivity contribution >= 4 is 30.1 Å². The van der Waals surface area contributed by atoms with E-state index in [9.17, 15) is 9.59 Å². The van der Waals surface area contributed by atoms with Crippen LogP contribution in [-0.4, -0.2) is 49.8 Å². The van der Waals surface area contributed by atoms with Crippen LogP contribution in [0.5, 0.6) is 0 Å². The number of likely N-dealkylation sites (tertiary alicyclic amines) is 1. The molecule has 0 radical (unpaired) electrons. The molecule has 1 aliphatic rings. The Morgan fingerprint density at radius 1 is 1.48 bits per heavy atom. The first-order chi connectivity index (χ1) is 10.1. The Morgan fingerprint density at radius 3 is 3.00 bits per heavy atom. The Morgan fingerprint density at radius 2 is 2.29 bits per heavy atom. The highest BCUT2D eigenvalue weighted by atomic mass is 32.1. The van der Waals surface area contributed by atoms with Gasteiger partial charge >= 0.3 is 0 Å². The number of hydrogen-bond acceptors (Lipinski definition) is 7. The van der Waals surface area contributed by atoms with E-state index in [1.807, 2.05) is 0 Å². The molecular formula is C12H11N5O3S. The van der Waals surface area contributed by atoms with E-state index < -0.39 is 0 Å². The summed E-state index contributed by atoms with van der Waals surface area (Å²) in [5, 5.41) is 4.52. The smallest absolute Gasteiger partial charge is 0.260 e. The zero-order chi connectivity index (χ0) is 15.0. The third-order valence-electron chi connectivity index (χ3n) is 2.98. The highest BCUT2D eigenvalue weighted by molar-refractivity contribution is 7.80. The Labute approximate surface area is 124 Å². The maximum Gasteiger partial charge on any atom is 0.260 e. The molecule has 108 valence electrons. The van der Waals surface area contributed by atoms with E-state index in [2.05, 4.69) is 27.7 Å². The van der Waals surface area contributed by atoms with Crippen LogP contribution in [0.15, 0.2) is 29.3 Å². The lowest BCUT2D eigenvalue weighted by Gasteiger charge is -2.04. The third kappa shape index (κ3) is 2.47. The van der Waals surface area contributed by atoms with Gasteiger partial charge in [-0.1, -0.05) is 0 Å². The van der Waals surface area contributed by atoms with Crippen molar-refractivity contribution in [3.63, 3.8) is 0 Å². The molecule has 9 heteroatoms. The number of rotatable bonds is 3. The third-order valence-corrected chi connectivity index (χ3v) is 3.30. The number of ketones is 1. The van der Waals surface area contributed by atoms with E-state index in [-0.39, 0.29) is 30.4 Å². The number of carbonyl (C=O) groups excluding carboxylic acids is 2. The Balaban J connectivity index is 1.75. The van der Waals surface area contributed by atoms with Crippen LogP contribution in [0.3, 0.4) is 0 Å². The molecule has 0 aliphatic carbocycles. The van der Waals surface area contributed by atoms with Gasteiger partial charge in [-0.15, -0.1) is 12.6 Å². The van der Waals surface area contributed by atoms with E-state index in [4.69, 9.17) is 4.74 Å². The lowest BCUT2D eigenvalue weighted by atomic mass is 10.2. The quantitative estimate of drug-likeness (QED) is 0.279. The summed E-state index contributed by atoms with van der Waals surface area (Å²) in [6, 6.07) is 1.67. The van der Waals surface area contributed by atoms with Crippen molar-refractivity contribution in [1.29, 1.82) is 0 Å². The molecule has 0 N–H and O–H groups in total. The average molecular weight is 305 g/mol. The predicted molar refractivity (Wildman–Crippen MR) is 73.6 cm³/mol. The second-order valence-corrected chi connectivity index (χ2v) is 4.96. The average Bonchev–Trinajstić information content (AvgIpc) is 2.99. The maximum absolute atomic E-state index is 11.7. The van der Waals surface area contributed by atoms with Gasteiger partial charge in [0.1, 0.15) is 23.5 Å². The van der Waals surface area contributed by atoms with E-state index in [0.717, 1.165) is 0 Å². The van der Waals surface area contributed by atoms with Crippen molar-refractivity contribution in [2.24, 2.45) is 0 Å². The molecule has 1 aliphatic heterocycles. The fraction of sp³-hybridized carbons (Fsp3) is 0.250. The van der Waals surface area contributed by atoms with Gasteiger partial charge in [0.2, 0.25) is 0 Å². The van der Waals surface area contributed by atoms with Gasteiger partial charge in [0.25, 0.3) is 11.7 Å². The molecule has 3 rings (SSSR count). The topological polar surface area (TPSA) is 89.7 Å². The van der Waals surface area contributed by atoms with Gasteiger partial charge in [0.15, 0.2) is 5.78 Å². The van der Waals surface area contributed by atoms with Crippen LogP contribution in [-0.2, 0) is 20.9 Å². The monoisotopic (exact) mass is 305 g/mol. The SMILES string of the molecule is CN1CC(=O)/C(=C\OCc2cc(S)n3ncnc3n2)C1=O. The number of carbonyl (C=O) groups is 2. The normalized spacial score (nSPS) is 17.2. The van der Waals surface area contributed by atoms with Crippen LogP contribution < -0.4 is 0 Å². The molecule has 21 heavy (non-hydrogen) atoms. The molecule has 3 heterocycles. The van der Waals surface area contributed by atoms with E-state index >= 15 is 0 Å². The summed E-state index contributed by atoms with van der Waals surface area (Å²) < 4.78 is 6.77. The van der Waals surface area contributed by atoms with Crippen LogP contribution >= 0.6 is 12.6 Å². The summed E-state index contributed by atoms with van der Waals surface area (Å²) >= 11 is 4.27. The molecule has 0 saturated carbocycles. The summed E-state index contributed by atoms with van der Waals surface area (Å²) in [4.78, 5) is 32.8. The van der Waals surface area contributed by atoms with Crippen LogP contribution in [0.25, 0.3) is 5.78 Å². The lowest BCUT2D eigenvalue weighted by Crippen LogP contribution is -2.19. The minimum absolute atomic E-state index is 0.0483. The van der Waals surface area contributed by atoms with E-state index in [1.54, 1.807) is 13.1 Å². The first-order valence-corrected chi connectivity index (χ1v) is 6.50. The fourth-order valence-electron chi connectivity index (χ4n) is 1.94. The Hall–Kier alpha value is -2.42. The summed E-state index contributed by atoms with van der Waals surface area (Å²) in [6.07, 6.45) is 2.56. The van der Waals surface area contributed by atoms with E-state index in [0.29, 0.717) is 16.5 Å². The van der Waals surface area contributed by atoms with Crippen molar-refractivity contribution in [2.75, 3.05) is 13.6 Å². The molecule has 1 amide bonds. The predicted octanol–water partition coefficient (Wildman–Crippen LogP) is -0.145. The summed E-state index contributed by atoms with van der Waals surface area (Å²) in [5.74, 6) is -0.185. The molecule has 2 aromatic heterocycles. The second kappa shape index (κ2) is 5.17. The zero-order valence-corrected chi connectivity index (χ0v) is 11.9. The number of likely N-dealkylation sites (N-methyl/N-ethyl adjacent to an activating group) is 1. The van der Waals surface area contributed by atoms with Crippen LogP contribution in [0, 0.1) is 0 Å². The Kier molecular flexibility index (Phi) is 3.34. The lowest BCUT2D eigenvalue weighted by molar-refractivity contribution is -0.123. The van der Waals surface area contributed by atoms with Crippen molar-refractivity contribution in [1.82, 2.24) is 24.5 Å². The first-order valence-electron chi connectivity index (χ1n) is 6.05. The number of nitrogens with zero attached hydrogens (tertiary/aromatic N) is 5. The highest BCUT2D eigenvalue weighted by Gasteiger charge is 2.31. The van der Waals surface area contributed by atoms with Crippen molar-refractivity contribution in [2.45, 2.75) is 11.6 Å². The summed E-state index contributed by atoms with van der Waals surface area (Å²) in [7, 11) is 1.56. The maximum atomic E-state index is 11.7. The zero-order valence-electron chi connectivity index (χ0n) is 11.1. The molecule has 1 saturated heterocycles. The highest BCUT2D eigenvalue weighted by Crippen LogP contribution is 2.13. The number of ether oxygens (including phenoxy) is 1. The van der Waals surface area contributed by atoms with Crippen molar-refractivity contribution in [3.8, 4) is 0 Å². The molecule has 1 fully saturated rings.